The second kappa shape index (κ2) is 4.72. The number of aromatic nitrogens is 2. The van der Waals surface area contributed by atoms with Crippen LogP contribution in [0.1, 0.15) is 17.4 Å². The zero-order valence-electron chi connectivity index (χ0n) is 9.50. The topological polar surface area (TPSA) is 57.9 Å². The van der Waals surface area contributed by atoms with E-state index in [0.717, 1.165) is 34.1 Å². The van der Waals surface area contributed by atoms with Gasteiger partial charge in [-0.3, -0.25) is 0 Å². The minimum absolute atomic E-state index is 0.107. The van der Waals surface area contributed by atoms with E-state index in [1.54, 1.807) is 0 Å². The standard InChI is InChI=1S/C12H12BrClN2O2/c13-8-4-10-9(15-12(17)16-10)3-7(8)11(14)6-1-2-18-5-6/h3-4,6,11H,1-2,5H2,(H2,15,16,17). The van der Waals surface area contributed by atoms with Crippen molar-refractivity contribution in [3.8, 4) is 0 Å². The van der Waals surface area contributed by atoms with Crippen molar-refractivity contribution in [3.63, 3.8) is 0 Å². The van der Waals surface area contributed by atoms with Crippen LogP contribution in [0.15, 0.2) is 21.4 Å². The van der Waals surface area contributed by atoms with Crippen LogP contribution < -0.4 is 5.69 Å². The average Bonchev–Trinajstić information content (AvgIpc) is 2.94. The Bertz CT molecular complexity index is 631. The van der Waals surface area contributed by atoms with Gasteiger partial charge in [0, 0.05) is 17.0 Å². The molecule has 2 heterocycles. The zero-order valence-corrected chi connectivity index (χ0v) is 11.8. The molecular formula is C12H12BrClN2O2. The number of hydrogen-bond acceptors (Lipinski definition) is 2. The van der Waals surface area contributed by atoms with Crippen molar-refractivity contribution < 1.29 is 4.74 Å². The van der Waals surface area contributed by atoms with E-state index in [0.29, 0.717) is 12.5 Å². The highest BCUT2D eigenvalue weighted by Gasteiger charge is 2.27. The molecule has 0 saturated carbocycles. The van der Waals surface area contributed by atoms with Crippen LogP contribution in [0, 0.1) is 5.92 Å². The first-order chi connectivity index (χ1) is 8.65. The minimum Gasteiger partial charge on any atom is -0.381 e. The Balaban J connectivity index is 2.04. The molecule has 1 fully saturated rings. The normalized spacial score (nSPS) is 21.6. The number of halogens is 2. The van der Waals surface area contributed by atoms with Gasteiger partial charge < -0.3 is 14.7 Å². The predicted octanol–water partition coefficient (Wildman–Crippen LogP) is 2.94. The summed E-state index contributed by atoms with van der Waals surface area (Å²) in [6, 6.07) is 3.81. The van der Waals surface area contributed by atoms with E-state index < -0.39 is 0 Å². The van der Waals surface area contributed by atoms with Crippen molar-refractivity contribution in [2.45, 2.75) is 11.8 Å². The number of H-pyrrole nitrogens is 2. The summed E-state index contributed by atoms with van der Waals surface area (Å²) in [5.41, 5.74) is 2.35. The summed E-state index contributed by atoms with van der Waals surface area (Å²) in [5.74, 6) is 0.325. The summed E-state index contributed by atoms with van der Waals surface area (Å²) in [4.78, 5) is 16.7. The van der Waals surface area contributed by atoms with E-state index in [-0.39, 0.29) is 11.1 Å². The maximum atomic E-state index is 11.3. The molecule has 0 amide bonds. The first-order valence-electron chi connectivity index (χ1n) is 5.78. The third-order valence-electron chi connectivity index (χ3n) is 3.31. The van der Waals surface area contributed by atoms with Crippen LogP contribution >= 0.6 is 27.5 Å². The van der Waals surface area contributed by atoms with Gasteiger partial charge in [0.15, 0.2) is 0 Å². The third kappa shape index (κ3) is 2.11. The van der Waals surface area contributed by atoms with Gasteiger partial charge in [0.25, 0.3) is 0 Å². The highest BCUT2D eigenvalue weighted by atomic mass is 79.9. The van der Waals surface area contributed by atoms with Gasteiger partial charge in [0.1, 0.15) is 0 Å². The maximum Gasteiger partial charge on any atom is 0.323 e. The molecule has 6 heteroatoms. The van der Waals surface area contributed by atoms with Gasteiger partial charge >= 0.3 is 5.69 Å². The Morgan fingerprint density at radius 1 is 1.39 bits per heavy atom. The molecule has 18 heavy (non-hydrogen) atoms. The number of imidazole rings is 1. The lowest BCUT2D eigenvalue weighted by Crippen LogP contribution is -2.08. The minimum atomic E-state index is -0.204. The predicted molar refractivity (Wildman–Crippen MR) is 74.1 cm³/mol. The quantitative estimate of drug-likeness (QED) is 0.831. The molecule has 1 aliphatic rings. The number of benzene rings is 1. The summed E-state index contributed by atoms with van der Waals surface area (Å²) >= 11 is 10.0. The smallest absolute Gasteiger partial charge is 0.323 e. The van der Waals surface area contributed by atoms with Crippen LogP contribution in [-0.4, -0.2) is 23.2 Å². The van der Waals surface area contributed by atoms with Crippen LogP contribution in [0.5, 0.6) is 0 Å². The zero-order chi connectivity index (χ0) is 12.7. The monoisotopic (exact) mass is 330 g/mol. The molecule has 0 radical (unpaired) electrons. The molecular weight excluding hydrogens is 320 g/mol. The van der Waals surface area contributed by atoms with Crippen LogP contribution in [0.3, 0.4) is 0 Å². The highest BCUT2D eigenvalue weighted by Crippen LogP contribution is 2.38. The number of nitrogens with one attached hydrogen (secondary N) is 2. The van der Waals surface area contributed by atoms with Crippen molar-refractivity contribution >= 4 is 38.6 Å². The van der Waals surface area contributed by atoms with Gasteiger partial charge in [-0.25, -0.2) is 4.79 Å². The lowest BCUT2D eigenvalue weighted by atomic mass is 9.98. The van der Waals surface area contributed by atoms with Gasteiger partial charge in [-0.2, -0.15) is 0 Å². The van der Waals surface area contributed by atoms with Gasteiger partial charge in [-0.1, -0.05) is 15.9 Å². The van der Waals surface area contributed by atoms with Crippen LogP contribution in [0.25, 0.3) is 11.0 Å². The number of fused-ring (bicyclic) bond motifs is 1. The number of aromatic amines is 2. The molecule has 1 aromatic carbocycles. The van der Waals surface area contributed by atoms with Crippen molar-refractivity contribution in [3.05, 3.63) is 32.7 Å². The summed E-state index contributed by atoms with van der Waals surface area (Å²) < 4.78 is 6.28. The number of alkyl halides is 1. The summed E-state index contributed by atoms with van der Waals surface area (Å²) in [6.45, 7) is 1.47. The first-order valence-corrected chi connectivity index (χ1v) is 7.01. The molecule has 1 saturated heterocycles. The fourth-order valence-electron chi connectivity index (χ4n) is 2.32. The number of rotatable bonds is 2. The SMILES string of the molecule is O=c1[nH]c2cc(Br)c(C(Cl)C3CCOC3)cc2[nH]1. The Labute approximate surface area is 117 Å². The number of hydrogen-bond donors (Lipinski definition) is 2. The molecule has 2 atom stereocenters. The van der Waals surface area contributed by atoms with E-state index in [1.165, 1.54) is 0 Å². The Hall–Kier alpha value is -0.780. The van der Waals surface area contributed by atoms with Gasteiger partial charge in [-0.05, 0) is 24.1 Å². The number of ether oxygens (including phenoxy) is 1. The Kier molecular flexibility index (Phi) is 3.21. The van der Waals surface area contributed by atoms with E-state index >= 15 is 0 Å². The summed E-state index contributed by atoms with van der Waals surface area (Å²) in [7, 11) is 0. The molecule has 2 N–H and O–H groups in total. The summed E-state index contributed by atoms with van der Waals surface area (Å²) in [5, 5.41) is -0.107. The Morgan fingerprint density at radius 3 is 2.78 bits per heavy atom. The second-order valence-corrected chi connectivity index (χ2v) is 5.85. The fraction of sp³-hybridized carbons (Fsp3) is 0.417. The molecule has 2 aromatic rings. The largest absolute Gasteiger partial charge is 0.381 e. The molecule has 0 bridgehead atoms. The lowest BCUT2D eigenvalue weighted by Gasteiger charge is -2.17. The lowest BCUT2D eigenvalue weighted by molar-refractivity contribution is 0.185. The fourth-order valence-corrected chi connectivity index (χ4v) is 3.42. The van der Waals surface area contributed by atoms with Gasteiger partial charge in [0.2, 0.25) is 0 Å². The van der Waals surface area contributed by atoms with Crippen molar-refractivity contribution in [2.24, 2.45) is 5.92 Å². The van der Waals surface area contributed by atoms with Crippen LogP contribution in [0.4, 0.5) is 0 Å². The van der Waals surface area contributed by atoms with Crippen molar-refractivity contribution in [2.75, 3.05) is 13.2 Å². The first kappa shape index (κ1) is 12.3. The van der Waals surface area contributed by atoms with Gasteiger partial charge in [-0.15, -0.1) is 11.6 Å². The second-order valence-electron chi connectivity index (χ2n) is 4.52. The molecule has 2 unspecified atom stereocenters. The van der Waals surface area contributed by atoms with Crippen molar-refractivity contribution in [1.82, 2.24) is 9.97 Å². The molecule has 1 aromatic heterocycles. The molecule has 96 valence electrons. The van der Waals surface area contributed by atoms with Gasteiger partial charge in [0.05, 0.1) is 23.0 Å². The molecule has 0 aliphatic carbocycles. The van der Waals surface area contributed by atoms with E-state index in [2.05, 4.69) is 25.9 Å². The molecule has 1 aliphatic heterocycles. The van der Waals surface area contributed by atoms with Crippen molar-refractivity contribution in [1.29, 1.82) is 0 Å². The molecule has 3 rings (SSSR count). The average molecular weight is 332 g/mol. The van der Waals surface area contributed by atoms with E-state index in [9.17, 15) is 4.79 Å². The third-order valence-corrected chi connectivity index (χ3v) is 4.59. The summed E-state index contributed by atoms with van der Waals surface area (Å²) in [6.07, 6.45) is 0.975. The van der Waals surface area contributed by atoms with E-state index in [4.69, 9.17) is 16.3 Å². The Morgan fingerprint density at radius 2 is 2.11 bits per heavy atom. The molecule has 0 spiro atoms. The highest BCUT2D eigenvalue weighted by molar-refractivity contribution is 9.10. The van der Waals surface area contributed by atoms with Crippen LogP contribution in [0.2, 0.25) is 0 Å². The van der Waals surface area contributed by atoms with E-state index in [1.807, 2.05) is 12.1 Å². The van der Waals surface area contributed by atoms with Crippen LogP contribution in [-0.2, 0) is 4.74 Å². The maximum absolute atomic E-state index is 11.3. The molecule has 4 nitrogen and oxygen atoms in total.